The summed E-state index contributed by atoms with van der Waals surface area (Å²) in [5.74, 6) is 0. The summed E-state index contributed by atoms with van der Waals surface area (Å²) in [6.45, 7) is 3.90. The van der Waals surface area contributed by atoms with Crippen molar-refractivity contribution in [3.05, 3.63) is 11.4 Å². The minimum absolute atomic E-state index is 0.472. The third-order valence-corrected chi connectivity index (χ3v) is 8.89. The lowest BCUT2D eigenvalue weighted by Gasteiger charge is -2.33. The molecule has 0 aromatic carbocycles. The van der Waals surface area contributed by atoms with Gasteiger partial charge in [-0.15, -0.1) is 0 Å². The van der Waals surface area contributed by atoms with E-state index < -0.39 is 17.6 Å². The third-order valence-electron chi connectivity index (χ3n) is 2.35. The largest absolute Gasteiger partial charge is 0.534 e. The van der Waals surface area contributed by atoms with Gasteiger partial charge < -0.3 is 26.6 Å². The Morgan fingerprint density at radius 1 is 0.625 bits per heavy atom. The van der Waals surface area contributed by atoms with Crippen LogP contribution in [0.4, 0.5) is 0 Å². The van der Waals surface area contributed by atoms with Gasteiger partial charge in [-0.25, -0.2) is 0 Å². The molecule has 0 fully saturated rings. The molecule has 6 nitrogen and oxygen atoms in total. The number of hydrogen-bond acceptors (Lipinski definition) is 6. The van der Waals surface area contributed by atoms with E-state index in [-0.39, 0.29) is 0 Å². The van der Waals surface area contributed by atoms with Gasteiger partial charge in [0, 0.05) is 42.7 Å². The van der Waals surface area contributed by atoms with E-state index in [0.717, 1.165) is 0 Å². The standard InChI is InChI=1S/C8H20O6Si2/c1-8(15(9-2,10-3)11-4)16(12-5,13-6)14-7/h1H2,2-7H3. The quantitative estimate of drug-likeness (QED) is 0.593. The molecule has 96 valence electrons. The molecule has 0 bridgehead atoms. The molecule has 0 unspecified atom stereocenters. The molecule has 0 aromatic heterocycles. The van der Waals surface area contributed by atoms with Crippen LogP contribution in [0.2, 0.25) is 0 Å². The van der Waals surface area contributed by atoms with E-state index in [9.17, 15) is 0 Å². The highest BCUT2D eigenvalue weighted by Gasteiger charge is 2.58. The molecule has 0 amide bonds. The molecule has 0 atom stereocenters. The van der Waals surface area contributed by atoms with Crippen LogP contribution in [0, 0.1) is 0 Å². The van der Waals surface area contributed by atoms with Gasteiger partial charge in [0.2, 0.25) is 0 Å². The second-order valence-corrected chi connectivity index (χ2v) is 9.20. The van der Waals surface area contributed by atoms with E-state index in [2.05, 4.69) is 6.58 Å². The molecular weight excluding hydrogens is 248 g/mol. The van der Waals surface area contributed by atoms with Crippen molar-refractivity contribution in [3.63, 3.8) is 0 Å². The fraction of sp³-hybridized carbons (Fsp3) is 0.750. The molecule has 0 aliphatic rings. The Morgan fingerprint density at radius 2 is 0.812 bits per heavy atom. The molecule has 8 heteroatoms. The topological polar surface area (TPSA) is 55.4 Å². The number of hydrogen-bond donors (Lipinski definition) is 0. The Labute approximate surface area is 98.8 Å². The minimum Gasteiger partial charge on any atom is -0.374 e. The molecule has 0 saturated heterocycles. The van der Waals surface area contributed by atoms with E-state index in [0.29, 0.717) is 4.82 Å². The molecule has 0 aliphatic heterocycles. The molecule has 0 saturated carbocycles. The summed E-state index contributed by atoms with van der Waals surface area (Å²) in [5.41, 5.74) is 0. The average Bonchev–Trinajstić information content (AvgIpc) is 2.35. The molecule has 0 aromatic rings. The van der Waals surface area contributed by atoms with Gasteiger partial charge >= 0.3 is 17.6 Å². The van der Waals surface area contributed by atoms with E-state index in [1.807, 2.05) is 0 Å². The number of rotatable bonds is 8. The second-order valence-electron chi connectivity index (χ2n) is 2.82. The van der Waals surface area contributed by atoms with Gasteiger partial charge in [0.25, 0.3) is 0 Å². The minimum atomic E-state index is -3.03. The van der Waals surface area contributed by atoms with E-state index >= 15 is 0 Å². The fourth-order valence-corrected chi connectivity index (χ4v) is 7.24. The van der Waals surface area contributed by atoms with Gasteiger partial charge in [-0.05, 0) is 0 Å². The predicted molar refractivity (Wildman–Crippen MR) is 62.7 cm³/mol. The smallest absolute Gasteiger partial charge is 0.374 e. The summed E-state index contributed by atoms with van der Waals surface area (Å²) >= 11 is 0. The first kappa shape index (κ1) is 15.9. The predicted octanol–water partition coefficient (Wildman–Crippen LogP) is 0.377. The first-order valence-corrected chi connectivity index (χ1v) is 7.98. The summed E-state index contributed by atoms with van der Waals surface area (Å²) in [7, 11) is 2.89. The molecule has 16 heavy (non-hydrogen) atoms. The third kappa shape index (κ3) is 2.60. The Balaban J connectivity index is 5.26. The van der Waals surface area contributed by atoms with Crippen molar-refractivity contribution in [2.24, 2.45) is 0 Å². The maximum atomic E-state index is 5.30. The van der Waals surface area contributed by atoms with Gasteiger partial charge in [0.15, 0.2) is 0 Å². The zero-order valence-corrected chi connectivity index (χ0v) is 12.7. The SMILES string of the molecule is C=C([Si](OC)(OC)OC)[Si](OC)(OC)OC. The first-order chi connectivity index (χ1) is 7.52. The summed E-state index contributed by atoms with van der Waals surface area (Å²) in [6, 6.07) is 0. The van der Waals surface area contributed by atoms with Crippen molar-refractivity contribution in [1.82, 2.24) is 0 Å². The van der Waals surface area contributed by atoms with Crippen molar-refractivity contribution in [1.29, 1.82) is 0 Å². The average molecular weight is 268 g/mol. The van der Waals surface area contributed by atoms with Crippen molar-refractivity contribution < 1.29 is 26.6 Å². The maximum Gasteiger partial charge on any atom is 0.534 e. The highest BCUT2D eigenvalue weighted by molar-refractivity contribution is 6.91. The van der Waals surface area contributed by atoms with Crippen LogP contribution in [-0.4, -0.2) is 60.3 Å². The van der Waals surface area contributed by atoms with Crippen LogP contribution in [-0.2, 0) is 26.6 Å². The first-order valence-electron chi connectivity index (χ1n) is 4.53. The normalized spacial score (nSPS) is 12.9. The van der Waals surface area contributed by atoms with Gasteiger partial charge in [0.05, 0.1) is 4.82 Å². The second kappa shape index (κ2) is 6.62. The van der Waals surface area contributed by atoms with Gasteiger partial charge in [-0.3, -0.25) is 0 Å². The maximum absolute atomic E-state index is 5.30. The van der Waals surface area contributed by atoms with Gasteiger partial charge in [0.1, 0.15) is 0 Å². The fourth-order valence-electron chi connectivity index (χ4n) is 1.43. The Morgan fingerprint density at radius 3 is 0.938 bits per heavy atom. The molecule has 0 heterocycles. The molecular formula is C8H20O6Si2. The van der Waals surface area contributed by atoms with Crippen LogP contribution in [0.25, 0.3) is 0 Å². The van der Waals surface area contributed by atoms with Crippen molar-refractivity contribution in [2.45, 2.75) is 0 Å². The zero-order valence-electron chi connectivity index (χ0n) is 10.7. The molecule has 0 spiro atoms. The van der Waals surface area contributed by atoms with E-state index in [4.69, 9.17) is 26.6 Å². The van der Waals surface area contributed by atoms with Gasteiger partial charge in [-0.1, -0.05) is 6.58 Å². The van der Waals surface area contributed by atoms with Crippen LogP contribution in [0.5, 0.6) is 0 Å². The van der Waals surface area contributed by atoms with Crippen LogP contribution < -0.4 is 0 Å². The van der Waals surface area contributed by atoms with Crippen LogP contribution in [0.1, 0.15) is 0 Å². The molecule has 0 aliphatic carbocycles. The molecule has 0 N–H and O–H groups in total. The van der Waals surface area contributed by atoms with Crippen LogP contribution in [0.3, 0.4) is 0 Å². The lowest BCUT2D eigenvalue weighted by atomic mass is 11.2. The molecule has 0 radical (unpaired) electrons. The Kier molecular flexibility index (Phi) is 6.59. The van der Waals surface area contributed by atoms with Crippen LogP contribution in [0.15, 0.2) is 11.4 Å². The summed E-state index contributed by atoms with van der Waals surface area (Å²) < 4.78 is 31.8. The van der Waals surface area contributed by atoms with E-state index in [1.165, 1.54) is 42.7 Å². The van der Waals surface area contributed by atoms with Crippen molar-refractivity contribution >= 4 is 17.6 Å². The molecule has 0 rings (SSSR count). The summed E-state index contributed by atoms with van der Waals surface area (Å²) in [6.07, 6.45) is 0. The lowest BCUT2D eigenvalue weighted by Crippen LogP contribution is -2.59. The highest BCUT2D eigenvalue weighted by Crippen LogP contribution is 2.26. The highest BCUT2D eigenvalue weighted by atomic mass is 28.5. The van der Waals surface area contributed by atoms with Crippen LogP contribution >= 0.6 is 0 Å². The Hall–Kier alpha value is -0.0662. The lowest BCUT2D eigenvalue weighted by molar-refractivity contribution is 0.112. The van der Waals surface area contributed by atoms with Gasteiger partial charge in [-0.2, -0.15) is 0 Å². The monoisotopic (exact) mass is 268 g/mol. The Bertz CT molecular complexity index is 188. The van der Waals surface area contributed by atoms with Crippen molar-refractivity contribution in [2.75, 3.05) is 42.7 Å². The van der Waals surface area contributed by atoms with Crippen molar-refractivity contribution in [3.8, 4) is 0 Å². The van der Waals surface area contributed by atoms with E-state index in [1.54, 1.807) is 0 Å². The summed E-state index contributed by atoms with van der Waals surface area (Å²) in [4.78, 5) is 0.472. The summed E-state index contributed by atoms with van der Waals surface area (Å²) in [5, 5.41) is 0. The zero-order chi connectivity index (χ0) is 12.8.